The molecule has 0 spiro atoms. The summed E-state index contributed by atoms with van der Waals surface area (Å²) in [7, 11) is -3.03. The molecule has 0 unspecified atom stereocenters. The van der Waals surface area contributed by atoms with Crippen LogP contribution in [-0.2, 0) is 9.84 Å². The highest BCUT2D eigenvalue weighted by Gasteiger charge is 2.49. The lowest BCUT2D eigenvalue weighted by Crippen LogP contribution is -2.37. The summed E-state index contributed by atoms with van der Waals surface area (Å²) in [6.07, 6.45) is 0. The van der Waals surface area contributed by atoms with Crippen molar-refractivity contribution in [2.24, 2.45) is 0 Å². The molecule has 1 aromatic rings. The van der Waals surface area contributed by atoms with Gasteiger partial charge in [-0.2, -0.15) is 0 Å². The molecule has 2 aliphatic heterocycles. The van der Waals surface area contributed by atoms with Gasteiger partial charge in [0.1, 0.15) is 0 Å². The second-order valence-corrected chi connectivity index (χ2v) is 8.80. The van der Waals surface area contributed by atoms with Gasteiger partial charge in [0.25, 0.3) is 0 Å². The monoisotopic (exact) mass is 336 g/mol. The zero-order valence-corrected chi connectivity index (χ0v) is 12.8. The van der Waals surface area contributed by atoms with Crippen molar-refractivity contribution in [2.75, 3.05) is 16.4 Å². The summed E-state index contributed by atoms with van der Waals surface area (Å²) in [6.45, 7) is 0. The Morgan fingerprint density at radius 2 is 2.05 bits per heavy atom. The molecule has 3 rings (SSSR count). The normalized spacial score (nSPS) is 28.7. The van der Waals surface area contributed by atoms with Crippen LogP contribution in [0.25, 0.3) is 0 Å². The summed E-state index contributed by atoms with van der Waals surface area (Å²) in [5, 5.41) is 9.26. The minimum Gasteiger partial charge on any atom is -0.315 e. The number of benzene rings is 1. The van der Waals surface area contributed by atoms with Crippen LogP contribution in [0.5, 0.6) is 0 Å². The maximum Gasteiger partial charge on any atom is 0.161 e. The van der Waals surface area contributed by atoms with Gasteiger partial charge >= 0.3 is 0 Å². The van der Waals surface area contributed by atoms with E-state index in [1.165, 1.54) is 11.8 Å². The van der Waals surface area contributed by atoms with E-state index >= 15 is 0 Å². The molecular weight excluding hydrogens is 327 g/mol. The zero-order valence-electron chi connectivity index (χ0n) is 9.64. The minimum absolute atomic E-state index is 0.0654. The van der Waals surface area contributed by atoms with Crippen LogP contribution in [0.1, 0.15) is 0 Å². The van der Waals surface area contributed by atoms with Crippen molar-refractivity contribution in [3.8, 4) is 0 Å². The number of rotatable bonds is 1. The Morgan fingerprint density at radius 1 is 1.32 bits per heavy atom. The predicted octanol–water partition coefficient (Wildman–Crippen LogP) is 2.65. The highest BCUT2D eigenvalue weighted by molar-refractivity contribution is 8.15. The number of nitrogens with one attached hydrogen (secondary N) is 1. The molecule has 0 aliphatic carbocycles. The van der Waals surface area contributed by atoms with Gasteiger partial charge in [0.05, 0.1) is 28.3 Å². The third kappa shape index (κ3) is 2.35. The van der Waals surface area contributed by atoms with E-state index in [2.05, 4.69) is 0 Å². The molecule has 0 saturated carbocycles. The number of sulfone groups is 1. The number of halogens is 2. The molecule has 2 fully saturated rings. The van der Waals surface area contributed by atoms with Crippen molar-refractivity contribution >= 4 is 55.7 Å². The van der Waals surface area contributed by atoms with Crippen LogP contribution in [0, 0.1) is 5.41 Å². The molecule has 0 amide bonds. The second-order valence-electron chi connectivity index (χ2n) is 4.57. The standard InChI is InChI=1S/C11H10Cl2N2O2S2/c12-6-1-2-7(13)8(3-6)15-9-4-19(16,17)5-10(9)18-11(15)14/h1-3,9-10,14H,4-5H2/t9-,10-/m1/s1. The predicted molar refractivity (Wildman–Crippen MR) is 80.5 cm³/mol. The molecule has 2 atom stereocenters. The number of anilines is 1. The number of hydrogen-bond donors (Lipinski definition) is 1. The minimum atomic E-state index is -3.03. The number of nitrogens with zero attached hydrogens (tertiary/aromatic N) is 1. The van der Waals surface area contributed by atoms with Crippen LogP contribution >= 0.6 is 35.0 Å². The van der Waals surface area contributed by atoms with E-state index in [4.69, 9.17) is 28.6 Å². The smallest absolute Gasteiger partial charge is 0.161 e. The van der Waals surface area contributed by atoms with Gasteiger partial charge in [-0.15, -0.1) is 0 Å². The Bertz CT molecular complexity index is 663. The summed E-state index contributed by atoms with van der Waals surface area (Å²) in [5.74, 6) is 0.190. The van der Waals surface area contributed by atoms with Crippen LogP contribution in [0.4, 0.5) is 5.69 Å². The number of thioether (sulfide) groups is 1. The first-order valence-electron chi connectivity index (χ1n) is 5.57. The van der Waals surface area contributed by atoms with Gasteiger partial charge in [-0.05, 0) is 18.2 Å². The van der Waals surface area contributed by atoms with Crippen LogP contribution in [0.15, 0.2) is 18.2 Å². The summed E-state index contributed by atoms with van der Waals surface area (Å²) >= 11 is 13.4. The molecule has 0 bridgehead atoms. The maximum absolute atomic E-state index is 11.7. The van der Waals surface area contributed by atoms with E-state index in [0.29, 0.717) is 20.9 Å². The van der Waals surface area contributed by atoms with Crippen molar-refractivity contribution < 1.29 is 8.42 Å². The van der Waals surface area contributed by atoms with E-state index in [9.17, 15) is 8.42 Å². The molecule has 2 aliphatic rings. The Morgan fingerprint density at radius 3 is 2.79 bits per heavy atom. The van der Waals surface area contributed by atoms with Crippen LogP contribution in [0.2, 0.25) is 10.0 Å². The van der Waals surface area contributed by atoms with Crippen molar-refractivity contribution in [3.63, 3.8) is 0 Å². The third-order valence-electron chi connectivity index (χ3n) is 3.25. The zero-order chi connectivity index (χ0) is 13.8. The van der Waals surface area contributed by atoms with Gasteiger partial charge in [0.2, 0.25) is 0 Å². The number of hydrogen-bond acceptors (Lipinski definition) is 4. The van der Waals surface area contributed by atoms with Crippen LogP contribution in [-0.4, -0.2) is 36.4 Å². The molecular formula is C11H10Cl2N2O2S2. The molecule has 4 nitrogen and oxygen atoms in total. The summed E-state index contributed by atoms with van der Waals surface area (Å²) < 4.78 is 23.4. The summed E-state index contributed by atoms with van der Waals surface area (Å²) in [5.41, 5.74) is 0.608. The van der Waals surface area contributed by atoms with E-state index in [-0.39, 0.29) is 22.8 Å². The Kier molecular flexibility index (Phi) is 3.24. The summed E-state index contributed by atoms with van der Waals surface area (Å²) in [4.78, 5) is 1.69. The molecule has 0 aromatic heterocycles. The van der Waals surface area contributed by atoms with Gasteiger partial charge in [-0.25, -0.2) is 8.42 Å². The average Bonchev–Trinajstić information content (AvgIpc) is 2.73. The van der Waals surface area contributed by atoms with Gasteiger partial charge in [-0.3, -0.25) is 5.41 Å². The Hall–Kier alpha value is -0.430. The Labute approximate surface area is 125 Å². The lowest BCUT2D eigenvalue weighted by molar-refractivity contribution is 0.601. The first kappa shape index (κ1) is 13.5. The van der Waals surface area contributed by atoms with Gasteiger partial charge in [0, 0.05) is 10.3 Å². The maximum atomic E-state index is 11.7. The quantitative estimate of drug-likeness (QED) is 0.856. The first-order chi connectivity index (χ1) is 8.87. The van der Waals surface area contributed by atoms with E-state index in [0.717, 1.165) is 0 Å². The SMILES string of the molecule is N=C1S[C@@H]2CS(=O)(=O)C[C@H]2N1c1cc(Cl)ccc1Cl. The lowest BCUT2D eigenvalue weighted by Gasteiger charge is -2.25. The molecule has 2 saturated heterocycles. The van der Waals surface area contributed by atoms with Gasteiger partial charge in [-0.1, -0.05) is 35.0 Å². The highest BCUT2D eigenvalue weighted by atomic mass is 35.5. The third-order valence-corrected chi connectivity index (χ3v) is 6.94. The average molecular weight is 337 g/mol. The van der Waals surface area contributed by atoms with Gasteiger partial charge in [0.15, 0.2) is 15.0 Å². The van der Waals surface area contributed by atoms with Crippen molar-refractivity contribution in [2.45, 2.75) is 11.3 Å². The molecule has 19 heavy (non-hydrogen) atoms. The molecule has 2 heterocycles. The fourth-order valence-electron chi connectivity index (χ4n) is 2.46. The lowest BCUT2D eigenvalue weighted by atomic mass is 10.2. The molecule has 102 valence electrons. The topological polar surface area (TPSA) is 61.2 Å². The second kappa shape index (κ2) is 4.55. The van der Waals surface area contributed by atoms with E-state index in [1.807, 2.05) is 0 Å². The van der Waals surface area contributed by atoms with Crippen molar-refractivity contribution in [1.82, 2.24) is 0 Å². The van der Waals surface area contributed by atoms with Crippen molar-refractivity contribution in [3.05, 3.63) is 28.2 Å². The molecule has 8 heteroatoms. The first-order valence-corrected chi connectivity index (χ1v) is 9.03. The van der Waals surface area contributed by atoms with Gasteiger partial charge < -0.3 is 4.90 Å². The Balaban J connectivity index is 2.04. The fourth-order valence-corrected chi connectivity index (χ4v) is 6.62. The fraction of sp³-hybridized carbons (Fsp3) is 0.364. The highest BCUT2D eigenvalue weighted by Crippen LogP contribution is 2.43. The van der Waals surface area contributed by atoms with Crippen molar-refractivity contribution in [1.29, 1.82) is 5.41 Å². The van der Waals surface area contributed by atoms with E-state index in [1.54, 1.807) is 23.1 Å². The molecule has 1 N–H and O–H groups in total. The molecule has 1 aromatic carbocycles. The van der Waals surface area contributed by atoms with E-state index < -0.39 is 9.84 Å². The largest absolute Gasteiger partial charge is 0.315 e. The number of fused-ring (bicyclic) bond motifs is 1. The summed E-state index contributed by atoms with van der Waals surface area (Å²) in [6, 6.07) is 4.78. The molecule has 0 radical (unpaired) electrons. The number of amidine groups is 1. The van der Waals surface area contributed by atoms with Crippen LogP contribution in [0.3, 0.4) is 0 Å². The van der Waals surface area contributed by atoms with Crippen LogP contribution < -0.4 is 4.90 Å².